The van der Waals surface area contributed by atoms with Crippen LogP contribution in [-0.4, -0.2) is 16.8 Å². The molecule has 0 unspecified atom stereocenters. The molecule has 0 atom stereocenters. The van der Waals surface area contributed by atoms with Gasteiger partial charge in [-0.1, -0.05) is 0 Å². The molecule has 0 saturated carbocycles. The maximum absolute atomic E-state index is 12.2. The lowest BCUT2D eigenvalue weighted by Crippen LogP contribution is -2.12. The minimum atomic E-state index is -0.239. The molecule has 3 rings (SSSR count). The highest BCUT2D eigenvalue weighted by atomic mass is 16.3. The molecule has 0 aliphatic carbocycles. The van der Waals surface area contributed by atoms with Crippen LogP contribution in [0.5, 0.6) is 0 Å². The minimum absolute atomic E-state index is 0.141. The van der Waals surface area contributed by atoms with E-state index in [1.54, 1.807) is 42.5 Å². The molecule has 22 heavy (non-hydrogen) atoms. The molecule has 6 nitrogen and oxygen atoms in total. The van der Waals surface area contributed by atoms with Gasteiger partial charge in [0.2, 0.25) is 5.91 Å². The van der Waals surface area contributed by atoms with Crippen molar-refractivity contribution in [1.29, 1.82) is 0 Å². The first-order chi connectivity index (χ1) is 10.6. The fraction of sp³-hybridized carbons (Fsp3) is 0.0625. The molecule has 0 fully saturated rings. The number of carbonyl (C=O) groups excluding carboxylic acids is 2. The first-order valence-electron chi connectivity index (χ1n) is 6.64. The number of rotatable bonds is 3. The number of aromatic nitrogens is 1. The van der Waals surface area contributed by atoms with E-state index in [1.165, 1.54) is 13.3 Å². The Morgan fingerprint density at radius 2 is 1.68 bits per heavy atom. The molecule has 2 N–H and O–H groups in total. The van der Waals surface area contributed by atoms with Gasteiger partial charge in [0.15, 0.2) is 12.0 Å². The number of hydrogen-bond donors (Lipinski definition) is 2. The van der Waals surface area contributed by atoms with Gasteiger partial charge in [-0.2, -0.15) is 0 Å². The maximum atomic E-state index is 12.2. The highest BCUT2D eigenvalue weighted by Gasteiger charge is 2.08. The molecule has 1 heterocycles. The standard InChI is InChI=1S/C16H13N3O3/c1-10(20)18-12-3-5-13(6-4-12)19-16(21)11-2-7-15-14(8-11)17-9-22-15/h2-9H,1H3,(H,18,20)(H,19,21). The highest BCUT2D eigenvalue weighted by molar-refractivity contribution is 6.05. The van der Waals surface area contributed by atoms with Gasteiger partial charge in [0.25, 0.3) is 5.91 Å². The van der Waals surface area contributed by atoms with E-state index in [0.717, 1.165) is 0 Å². The molecule has 0 spiro atoms. The van der Waals surface area contributed by atoms with Gasteiger partial charge in [-0.3, -0.25) is 9.59 Å². The summed E-state index contributed by atoms with van der Waals surface area (Å²) in [6, 6.07) is 11.9. The number of benzene rings is 2. The van der Waals surface area contributed by atoms with Crippen LogP contribution < -0.4 is 10.6 Å². The Bertz CT molecular complexity index is 837. The number of nitrogens with zero attached hydrogens (tertiary/aromatic N) is 1. The topological polar surface area (TPSA) is 84.2 Å². The predicted octanol–water partition coefficient (Wildman–Crippen LogP) is 3.04. The van der Waals surface area contributed by atoms with E-state index in [0.29, 0.717) is 28.0 Å². The van der Waals surface area contributed by atoms with E-state index < -0.39 is 0 Å². The summed E-state index contributed by atoms with van der Waals surface area (Å²) in [6.45, 7) is 1.44. The number of amides is 2. The second-order valence-electron chi connectivity index (χ2n) is 4.75. The van der Waals surface area contributed by atoms with Gasteiger partial charge < -0.3 is 15.1 Å². The third-order valence-electron chi connectivity index (χ3n) is 3.06. The van der Waals surface area contributed by atoms with Crippen LogP contribution in [0.25, 0.3) is 11.1 Å². The Labute approximate surface area is 126 Å². The van der Waals surface area contributed by atoms with Gasteiger partial charge in [0.05, 0.1) is 0 Å². The van der Waals surface area contributed by atoms with E-state index in [4.69, 9.17) is 4.42 Å². The van der Waals surface area contributed by atoms with Gasteiger partial charge in [0, 0.05) is 23.9 Å². The summed E-state index contributed by atoms with van der Waals surface area (Å²) in [4.78, 5) is 27.2. The van der Waals surface area contributed by atoms with Crippen molar-refractivity contribution in [1.82, 2.24) is 4.98 Å². The van der Waals surface area contributed by atoms with Crippen LogP contribution in [0.2, 0.25) is 0 Å². The van der Waals surface area contributed by atoms with Crippen LogP contribution in [0.4, 0.5) is 11.4 Å². The lowest BCUT2D eigenvalue weighted by atomic mass is 10.2. The van der Waals surface area contributed by atoms with Crippen LogP contribution in [0.1, 0.15) is 17.3 Å². The summed E-state index contributed by atoms with van der Waals surface area (Å²) in [5, 5.41) is 5.45. The molecule has 0 radical (unpaired) electrons. The molecule has 1 aromatic heterocycles. The fourth-order valence-corrected chi connectivity index (χ4v) is 2.04. The van der Waals surface area contributed by atoms with Crippen molar-refractivity contribution in [2.45, 2.75) is 6.92 Å². The zero-order valence-corrected chi connectivity index (χ0v) is 11.8. The number of nitrogens with one attached hydrogen (secondary N) is 2. The summed E-state index contributed by atoms with van der Waals surface area (Å²) < 4.78 is 5.14. The Kier molecular flexibility index (Phi) is 3.57. The Balaban J connectivity index is 1.74. The van der Waals surface area contributed by atoms with E-state index >= 15 is 0 Å². The SMILES string of the molecule is CC(=O)Nc1ccc(NC(=O)c2ccc3ocnc3c2)cc1. The monoisotopic (exact) mass is 295 g/mol. The van der Waals surface area contributed by atoms with E-state index in [9.17, 15) is 9.59 Å². The number of fused-ring (bicyclic) bond motifs is 1. The van der Waals surface area contributed by atoms with E-state index in [2.05, 4.69) is 15.6 Å². The fourth-order valence-electron chi connectivity index (χ4n) is 2.04. The first kappa shape index (κ1) is 13.8. The zero-order valence-electron chi connectivity index (χ0n) is 11.8. The lowest BCUT2D eigenvalue weighted by molar-refractivity contribution is -0.114. The van der Waals surface area contributed by atoms with Crippen molar-refractivity contribution in [3.63, 3.8) is 0 Å². The van der Waals surface area contributed by atoms with E-state index in [1.807, 2.05) is 0 Å². The molecule has 0 saturated heterocycles. The van der Waals surface area contributed by atoms with Gasteiger partial charge in [-0.05, 0) is 42.5 Å². The largest absolute Gasteiger partial charge is 0.443 e. The zero-order chi connectivity index (χ0) is 15.5. The Morgan fingerprint density at radius 3 is 2.36 bits per heavy atom. The number of hydrogen-bond acceptors (Lipinski definition) is 4. The summed E-state index contributed by atoms with van der Waals surface area (Å²) in [5.74, 6) is -0.380. The molecule has 2 aromatic carbocycles. The molecular weight excluding hydrogens is 282 g/mol. The van der Waals surface area contributed by atoms with Gasteiger partial charge >= 0.3 is 0 Å². The summed E-state index contributed by atoms with van der Waals surface area (Å²) in [6.07, 6.45) is 1.34. The van der Waals surface area contributed by atoms with E-state index in [-0.39, 0.29) is 11.8 Å². The maximum Gasteiger partial charge on any atom is 0.255 e. The molecule has 2 amide bonds. The average Bonchev–Trinajstić information content (AvgIpc) is 2.96. The van der Waals surface area contributed by atoms with Crippen LogP contribution in [0.15, 0.2) is 53.3 Å². The van der Waals surface area contributed by atoms with Crippen LogP contribution >= 0.6 is 0 Å². The van der Waals surface area contributed by atoms with Crippen molar-refractivity contribution in [2.75, 3.05) is 10.6 Å². The third kappa shape index (κ3) is 2.95. The van der Waals surface area contributed by atoms with Crippen molar-refractivity contribution in [3.8, 4) is 0 Å². The normalized spacial score (nSPS) is 10.4. The molecule has 110 valence electrons. The van der Waals surface area contributed by atoms with Gasteiger partial charge in [-0.15, -0.1) is 0 Å². The van der Waals surface area contributed by atoms with Crippen molar-refractivity contribution in [2.24, 2.45) is 0 Å². The average molecular weight is 295 g/mol. The van der Waals surface area contributed by atoms with Crippen LogP contribution in [0.3, 0.4) is 0 Å². The highest BCUT2D eigenvalue weighted by Crippen LogP contribution is 2.17. The molecule has 0 aliphatic heterocycles. The first-order valence-corrected chi connectivity index (χ1v) is 6.64. The van der Waals surface area contributed by atoms with Crippen molar-refractivity contribution in [3.05, 3.63) is 54.4 Å². The van der Waals surface area contributed by atoms with Crippen LogP contribution in [-0.2, 0) is 4.79 Å². The molecule has 0 bridgehead atoms. The smallest absolute Gasteiger partial charge is 0.255 e. The van der Waals surface area contributed by atoms with Gasteiger partial charge in [0.1, 0.15) is 5.52 Å². The minimum Gasteiger partial charge on any atom is -0.443 e. The number of anilines is 2. The molecule has 6 heteroatoms. The summed E-state index contributed by atoms with van der Waals surface area (Å²) in [5.41, 5.74) is 3.08. The summed E-state index contributed by atoms with van der Waals surface area (Å²) in [7, 11) is 0. The Morgan fingerprint density at radius 1 is 1.00 bits per heavy atom. The molecular formula is C16H13N3O3. The third-order valence-corrected chi connectivity index (χ3v) is 3.06. The van der Waals surface area contributed by atoms with Crippen LogP contribution in [0, 0.1) is 0 Å². The number of oxazole rings is 1. The quantitative estimate of drug-likeness (QED) is 0.777. The van der Waals surface area contributed by atoms with Crippen molar-refractivity contribution < 1.29 is 14.0 Å². The molecule has 3 aromatic rings. The van der Waals surface area contributed by atoms with Crippen molar-refractivity contribution >= 4 is 34.3 Å². The number of carbonyl (C=O) groups is 2. The van der Waals surface area contributed by atoms with Gasteiger partial charge in [-0.25, -0.2) is 4.98 Å². The second kappa shape index (κ2) is 5.69. The molecule has 0 aliphatic rings. The predicted molar refractivity (Wildman–Crippen MR) is 82.7 cm³/mol. The Hall–Kier alpha value is -3.15. The summed E-state index contributed by atoms with van der Waals surface area (Å²) >= 11 is 0. The lowest BCUT2D eigenvalue weighted by Gasteiger charge is -2.07. The second-order valence-corrected chi connectivity index (χ2v) is 4.75.